The number of aliphatic imine (C=N–C) groups is 1. The molecule has 1 heterocycles. The minimum absolute atomic E-state index is 0.151. The van der Waals surface area contributed by atoms with Crippen LogP contribution in [0.5, 0.6) is 0 Å². The zero-order chi connectivity index (χ0) is 17.2. The summed E-state index contributed by atoms with van der Waals surface area (Å²) in [6, 6.07) is 7.28. The molecule has 2 N–H and O–H groups in total. The Morgan fingerprint density at radius 2 is 2.04 bits per heavy atom. The Balaban J connectivity index is 1.80. The topological polar surface area (TPSA) is 48.9 Å². The summed E-state index contributed by atoms with van der Waals surface area (Å²) in [5, 5.41) is 6.53. The summed E-state index contributed by atoms with van der Waals surface area (Å²) in [6.07, 6.45) is 0.635. The molecule has 134 valence electrons. The van der Waals surface area contributed by atoms with Crippen molar-refractivity contribution in [1.29, 1.82) is 0 Å². The maximum absolute atomic E-state index is 13.6. The van der Waals surface area contributed by atoms with Gasteiger partial charge in [-0.2, -0.15) is 0 Å². The third kappa shape index (κ3) is 6.09. The summed E-state index contributed by atoms with van der Waals surface area (Å²) in [7, 11) is 0. The molecule has 1 aromatic carbocycles. The molecule has 0 amide bonds. The molecule has 1 aliphatic rings. The van der Waals surface area contributed by atoms with Crippen molar-refractivity contribution in [2.24, 2.45) is 4.99 Å². The maximum atomic E-state index is 13.6. The lowest BCUT2D eigenvalue weighted by Gasteiger charge is -2.31. The van der Waals surface area contributed by atoms with E-state index in [1.807, 2.05) is 19.1 Å². The average molecular weight is 336 g/mol. The number of rotatable bonds is 7. The lowest BCUT2D eigenvalue weighted by molar-refractivity contribution is 0.0220. The van der Waals surface area contributed by atoms with Crippen LogP contribution in [0.4, 0.5) is 4.39 Å². The molecule has 1 fully saturated rings. The molecular formula is C18H29FN4O. The number of guanidine groups is 1. The van der Waals surface area contributed by atoms with Crippen molar-refractivity contribution in [1.82, 2.24) is 15.5 Å². The second kappa shape index (κ2) is 10.3. The van der Waals surface area contributed by atoms with Crippen molar-refractivity contribution >= 4 is 5.96 Å². The highest BCUT2D eigenvalue weighted by molar-refractivity contribution is 5.79. The van der Waals surface area contributed by atoms with Crippen LogP contribution in [0.15, 0.2) is 29.3 Å². The van der Waals surface area contributed by atoms with Crippen LogP contribution in [-0.2, 0) is 11.2 Å². The van der Waals surface area contributed by atoms with Crippen LogP contribution in [0.25, 0.3) is 0 Å². The van der Waals surface area contributed by atoms with Gasteiger partial charge in [-0.05, 0) is 31.9 Å². The Morgan fingerprint density at radius 3 is 2.75 bits per heavy atom. The van der Waals surface area contributed by atoms with Crippen LogP contribution in [0.1, 0.15) is 19.4 Å². The van der Waals surface area contributed by atoms with Gasteiger partial charge in [-0.15, -0.1) is 0 Å². The van der Waals surface area contributed by atoms with Crippen LogP contribution >= 0.6 is 0 Å². The van der Waals surface area contributed by atoms with Crippen LogP contribution < -0.4 is 10.6 Å². The molecule has 1 atom stereocenters. The molecule has 0 bridgehead atoms. The summed E-state index contributed by atoms with van der Waals surface area (Å²) < 4.78 is 19.0. The van der Waals surface area contributed by atoms with Gasteiger partial charge < -0.3 is 15.4 Å². The van der Waals surface area contributed by atoms with E-state index in [1.165, 1.54) is 6.07 Å². The quantitative estimate of drug-likeness (QED) is 0.587. The summed E-state index contributed by atoms with van der Waals surface area (Å²) in [5.74, 6) is 0.635. The molecule has 0 aliphatic carbocycles. The Bertz CT molecular complexity index is 517. The fourth-order valence-corrected chi connectivity index (χ4v) is 2.72. The smallest absolute Gasteiger partial charge is 0.191 e. The summed E-state index contributed by atoms with van der Waals surface area (Å²) >= 11 is 0. The van der Waals surface area contributed by atoms with Crippen LogP contribution in [0.2, 0.25) is 0 Å². The first kappa shape index (κ1) is 18.7. The largest absolute Gasteiger partial charge is 0.379 e. The fourth-order valence-electron chi connectivity index (χ4n) is 2.72. The predicted molar refractivity (Wildman–Crippen MR) is 95.9 cm³/mol. The third-order valence-electron chi connectivity index (χ3n) is 4.17. The molecule has 0 radical (unpaired) electrons. The Kier molecular flexibility index (Phi) is 7.98. The van der Waals surface area contributed by atoms with E-state index >= 15 is 0 Å². The van der Waals surface area contributed by atoms with E-state index in [1.54, 1.807) is 6.07 Å². The first-order valence-corrected chi connectivity index (χ1v) is 8.78. The van der Waals surface area contributed by atoms with E-state index in [9.17, 15) is 4.39 Å². The van der Waals surface area contributed by atoms with Gasteiger partial charge in [0.05, 0.1) is 19.8 Å². The van der Waals surface area contributed by atoms with Crippen molar-refractivity contribution in [3.05, 3.63) is 35.6 Å². The van der Waals surface area contributed by atoms with E-state index < -0.39 is 0 Å². The molecule has 1 aliphatic heterocycles. The van der Waals surface area contributed by atoms with Gasteiger partial charge in [-0.3, -0.25) is 9.89 Å². The zero-order valence-electron chi connectivity index (χ0n) is 14.7. The number of ether oxygens (including phenoxy) is 1. The van der Waals surface area contributed by atoms with Crippen molar-refractivity contribution in [2.45, 2.75) is 26.3 Å². The van der Waals surface area contributed by atoms with Gasteiger partial charge in [0.2, 0.25) is 0 Å². The maximum Gasteiger partial charge on any atom is 0.191 e. The van der Waals surface area contributed by atoms with E-state index in [-0.39, 0.29) is 5.82 Å². The number of halogens is 1. The molecule has 5 nitrogen and oxygen atoms in total. The highest BCUT2D eigenvalue weighted by Crippen LogP contribution is 2.06. The average Bonchev–Trinajstić information content (AvgIpc) is 2.61. The summed E-state index contributed by atoms with van der Waals surface area (Å²) in [4.78, 5) is 7.06. The van der Waals surface area contributed by atoms with Gasteiger partial charge in [0.1, 0.15) is 5.82 Å². The second-order valence-electron chi connectivity index (χ2n) is 5.99. The highest BCUT2D eigenvalue weighted by Gasteiger charge is 2.16. The van der Waals surface area contributed by atoms with Crippen LogP contribution in [0.3, 0.4) is 0 Å². The van der Waals surface area contributed by atoms with Gasteiger partial charge in [0.15, 0.2) is 5.96 Å². The standard InChI is InChI=1S/C18H29FN4O/c1-3-20-18(21-9-8-16-6-4-5-7-17(16)19)22-14-15(2)23-10-12-24-13-11-23/h4-7,15H,3,8-14H2,1-2H3,(H2,20,21,22). The van der Waals surface area contributed by atoms with Gasteiger partial charge in [-0.1, -0.05) is 18.2 Å². The number of hydrogen-bond donors (Lipinski definition) is 2. The first-order chi connectivity index (χ1) is 11.7. The van der Waals surface area contributed by atoms with Gasteiger partial charge >= 0.3 is 0 Å². The molecular weight excluding hydrogens is 307 g/mol. The SMILES string of the molecule is CCNC(=NCC(C)N1CCOCC1)NCCc1ccccc1F. The number of nitrogens with zero attached hydrogens (tertiary/aromatic N) is 2. The highest BCUT2D eigenvalue weighted by atomic mass is 19.1. The summed E-state index contributed by atoms with van der Waals surface area (Å²) in [6.45, 7) is 9.95. The molecule has 0 saturated carbocycles. The van der Waals surface area contributed by atoms with Gasteiger partial charge in [0, 0.05) is 32.2 Å². The number of hydrogen-bond acceptors (Lipinski definition) is 3. The van der Waals surface area contributed by atoms with E-state index in [0.717, 1.165) is 50.9 Å². The zero-order valence-corrected chi connectivity index (χ0v) is 14.7. The number of nitrogens with one attached hydrogen (secondary N) is 2. The minimum atomic E-state index is -0.151. The third-order valence-corrected chi connectivity index (χ3v) is 4.17. The molecule has 1 saturated heterocycles. The fraction of sp³-hybridized carbons (Fsp3) is 0.611. The van der Waals surface area contributed by atoms with E-state index in [2.05, 4.69) is 27.4 Å². The molecule has 6 heteroatoms. The monoisotopic (exact) mass is 336 g/mol. The summed E-state index contributed by atoms with van der Waals surface area (Å²) in [5.41, 5.74) is 0.725. The van der Waals surface area contributed by atoms with E-state index in [4.69, 9.17) is 4.74 Å². The molecule has 1 unspecified atom stereocenters. The Hall–Kier alpha value is -1.66. The minimum Gasteiger partial charge on any atom is -0.379 e. The Morgan fingerprint density at radius 1 is 1.29 bits per heavy atom. The van der Waals surface area contributed by atoms with Crippen molar-refractivity contribution in [3.63, 3.8) is 0 Å². The lowest BCUT2D eigenvalue weighted by atomic mass is 10.1. The van der Waals surface area contributed by atoms with Crippen LogP contribution in [0, 0.1) is 5.82 Å². The van der Waals surface area contributed by atoms with Gasteiger partial charge in [-0.25, -0.2) is 4.39 Å². The molecule has 0 aromatic heterocycles. The van der Waals surface area contributed by atoms with Gasteiger partial charge in [0.25, 0.3) is 0 Å². The molecule has 24 heavy (non-hydrogen) atoms. The van der Waals surface area contributed by atoms with Crippen molar-refractivity contribution < 1.29 is 9.13 Å². The first-order valence-electron chi connectivity index (χ1n) is 8.78. The normalized spacial score (nSPS) is 17.5. The molecule has 2 rings (SSSR count). The number of benzene rings is 1. The Labute approximate surface area is 144 Å². The number of morpholine rings is 1. The molecule has 0 spiro atoms. The second-order valence-corrected chi connectivity index (χ2v) is 5.99. The molecule has 1 aromatic rings. The van der Waals surface area contributed by atoms with Crippen LogP contribution in [-0.4, -0.2) is 62.8 Å². The van der Waals surface area contributed by atoms with Crippen molar-refractivity contribution in [2.75, 3.05) is 45.9 Å². The van der Waals surface area contributed by atoms with Crippen molar-refractivity contribution in [3.8, 4) is 0 Å². The van der Waals surface area contributed by atoms with E-state index in [0.29, 0.717) is 19.0 Å². The lowest BCUT2D eigenvalue weighted by Crippen LogP contribution is -2.44. The predicted octanol–water partition coefficient (Wildman–Crippen LogP) is 1.64.